The van der Waals surface area contributed by atoms with Crippen LogP contribution in [0.3, 0.4) is 0 Å². The Labute approximate surface area is 114 Å². The van der Waals surface area contributed by atoms with Gasteiger partial charge in [-0.15, -0.1) is 0 Å². The Morgan fingerprint density at radius 3 is 2.58 bits per heavy atom. The predicted octanol–water partition coefficient (Wildman–Crippen LogP) is 2.85. The van der Waals surface area contributed by atoms with Gasteiger partial charge >= 0.3 is 0 Å². The van der Waals surface area contributed by atoms with Gasteiger partial charge in [-0.3, -0.25) is 9.89 Å². The summed E-state index contributed by atoms with van der Waals surface area (Å²) in [5.41, 5.74) is 6.98. The second-order valence-electron chi connectivity index (χ2n) is 6.15. The van der Waals surface area contributed by atoms with Crippen molar-refractivity contribution in [1.82, 2.24) is 10.2 Å². The molecule has 5 heteroatoms. The van der Waals surface area contributed by atoms with E-state index >= 15 is 0 Å². The number of hydrogen-bond acceptors (Lipinski definition) is 3. The first-order valence-electron chi connectivity index (χ1n) is 7.06. The topological polar surface area (TPSA) is 83.8 Å². The van der Waals surface area contributed by atoms with Gasteiger partial charge in [-0.05, 0) is 32.1 Å². The second kappa shape index (κ2) is 5.23. The maximum Gasteiger partial charge on any atom is 0.231 e. The first-order chi connectivity index (χ1) is 8.94. The van der Waals surface area contributed by atoms with Crippen molar-refractivity contribution >= 4 is 17.4 Å². The van der Waals surface area contributed by atoms with E-state index in [1.54, 1.807) is 0 Å². The summed E-state index contributed by atoms with van der Waals surface area (Å²) in [7, 11) is 0. The minimum absolute atomic E-state index is 0.0805. The van der Waals surface area contributed by atoms with Crippen LogP contribution in [0.1, 0.15) is 51.6 Å². The molecule has 0 saturated heterocycles. The number of carbonyl (C=O) groups is 1. The highest BCUT2D eigenvalue weighted by Gasteiger charge is 2.41. The molecule has 0 aliphatic heterocycles. The Morgan fingerprint density at radius 1 is 1.47 bits per heavy atom. The molecule has 0 unspecified atom stereocenters. The highest BCUT2D eigenvalue weighted by molar-refractivity contribution is 5.97. The number of carbonyl (C=O) groups excluding carboxylic acids is 1. The molecule has 1 fully saturated rings. The molecule has 106 valence electrons. The first-order valence-corrected chi connectivity index (χ1v) is 7.06. The smallest absolute Gasteiger partial charge is 0.231 e. The van der Waals surface area contributed by atoms with E-state index in [9.17, 15) is 4.79 Å². The van der Waals surface area contributed by atoms with Crippen molar-refractivity contribution in [2.75, 3.05) is 11.1 Å². The van der Waals surface area contributed by atoms with Crippen LogP contribution in [-0.2, 0) is 4.79 Å². The van der Waals surface area contributed by atoms with Crippen molar-refractivity contribution in [2.45, 2.75) is 52.9 Å². The summed E-state index contributed by atoms with van der Waals surface area (Å²) in [4.78, 5) is 12.6. The Bertz CT molecular complexity index is 458. The van der Waals surface area contributed by atoms with Gasteiger partial charge in [-0.1, -0.05) is 26.7 Å². The van der Waals surface area contributed by atoms with E-state index in [1.807, 2.05) is 6.92 Å². The van der Waals surface area contributed by atoms with Crippen molar-refractivity contribution in [2.24, 2.45) is 11.3 Å². The summed E-state index contributed by atoms with van der Waals surface area (Å²) in [6, 6.07) is 0. The number of nitrogens with two attached hydrogens (primary N) is 1. The molecule has 1 heterocycles. The van der Waals surface area contributed by atoms with Crippen molar-refractivity contribution in [3.05, 3.63) is 5.69 Å². The average Bonchev–Trinajstić information content (AvgIpc) is 2.91. The van der Waals surface area contributed by atoms with Crippen LogP contribution in [-0.4, -0.2) is 16.1 Å². The zero-order chi connectivity index (χ0) is 14.0. The normalized spacial score (nSPS) is 17.9. The molecule has 0 bridgehead atoms. The lowest BCUT2D eigenvalue weighted by atomic mass is 9.77. The highest BCUT2D eigenvalue weighted by Crippen LogP contribution is 2.44. The summed E-state index contributed by atoms with van der Waals surface area (Å²) in [6.07, 6.45) is 5.15. The summed E-state index contributed by atoms with van der Waals surface area (Å²) >= 11 is 0. The molecule has 19 heavy (non-hydrogen) atoms. The number of H-pyrrole nitrogens is 1. The highest BCUT2D eigenvalue weighted by atomic mass is 16.2. The zero-order valence-electron chi connectivity index (χ0n) is 12.0. The molecule has 0 atom stereocenters. The number of aryl methyl sites for hydroxylation is 1. The first kappa shape index (κ1) is 13.9. The summed E-state index contributed by atoms with van der Waals surface area (Å²) in [6.45, 7) is 6.18. The average molecular weight is 264 g/mol. The number of rotatable bonds is 4. The molecule has 1 saturated carbocycles. The van der Waals surface area contributed by atoms with Gasteiger partial charge in [0.25, 0.3) is 0 Å². The van der Waals surface area contributed by atoms with Crippen LogP contribution >= 0.6 is 0 Å². The number of nitrogens with zero attached hydrogens (tertiary/aromatic N) is 1. The lowest BCUT2D eigenvalue weighted by molar-refractivity contribution is -0.126. The molecule has 1 aromatic heterocycles. The van der Waals surface area contributed by atoms with E-state index in [2.05, 4.69) is 29.4 Å². The van der Waals surface area contributed by atoms with Crippen LogP contribution in [0.2, 0.25) is 0 Å². The van der Waals surface area contributed by atoms with E-state index in [1.165, 1.54) is 0 Å². The third kappa shape index (κ3) is 2.74. The molecule has 2 rings (SSSR count). The van der Waals surface area contributed by atoms with Crippen LogP contribution < -0.4 is 11.1 Å². The van der Waals surface area contributed by atoms with E-state index in [4.69, 9.17) is 5.73 Å². The quantitative estimate of drug-likeness (QED) is 0.781. The van der Waals surface area contributed by atoms with Crippen LogP contribution in [0.15, 0.2) is 0 Å². The van der Waals surface area contributed by atoms with Gasteiger partial charge in [0.15, 0.2) is 5.82 Å². The van der Waals surface area contributed by atoms with Crippen LogP contribution in [0.5, 0.6) is 0 Å². The molecule has 4 N–H and O–H groups in total. The molecule has 1 amide bonds. The third-order valence-electron chi connectivity index (χ3n) is 4.07. The Kier molecular flexibility index (Phi) is 3.83. The lowest BCUT2D eigenvalue weighted by Crippen LogP contribution is -2.35. The van der Waals surface area contributed by atoms with Crippen LogP contribution in [0.4, 0.5) is 11.5 Å². The van der Waals surface area contributed by atoms with E-state index in [-0.39, 0.29) is 11.3 Å². The lowest BCUT2D eigenvalue weighted by Gasteiger charge is -2.29. The molecule has 0 aromatic carbocycles. The number of aromatic nitrogens is 2. The fraction of sp³-hybridized carbons (Fsp3) is 0.714. The standard InChI is InChI=1S/C14H24N4O/c1-9(2)8-14(6-4-5-7-14)13(19)16-12-11(15)10(3)17-18-12/h9H,4-8,15H2,1-3H3,(H2,16,17,18,19). The minimum Gasteiger partial charge on any atom is -0.394 e. The summed E-state index contributed by atoms with van der Waals surface area (Å²) in [5.74, 6) is 1.07. The molecule has 1 aliphatic carbocycles. The maximum atomic E-state index is 12.6. The monoisotopic (exact) mass is 264 g/mol. The molecule has 1 aliphatic rings. The van der Waals surface area contributed by atoms with Gasteiger partial charge < -0.3 is 11.1 Å². The van der Waals surface area contributed by atoms with Crippen molar-refractivity contribution in [1.29, 1.82) is 0 Å². The van der Waals surface area contributed by atoms with Crippen LogP contribution in [0.25, 0.3) is 0 Å². The van der Waals surface area contributed by atoms with Crippen LogP contribution in [0, 0.1) is 18.3 Å². The Morgan fingerprint density at radius 2 is 2.11 bits per heavy atom. The number of nitrogens with one attached hydrogen (secondary N) is 2. The van der Waals surface area contributed by atoms with Crippen molar-refractivity contribution < 1.29 is 4.79 Å². The predicted molar refractivity (Wildman–Crippen MR) is 76.7 cm³/mol. The Balaban J connectivity index is 2.14. The molecular weight excluding hydrogens is 240 g/mol. The minimum atomic E-state index is -0.229. The molecule has 1 aromatic rings. The van der Waals surface area contributed by atoms with Gasteiger partial charge in [0.1, 0.15) is 0 Å². The summed E-state index contributed by atoms with van der Waals surface area (Å²) < 4.78 is 0. The molecular formula is C14H24N4O. The van der Waals surface area contributed by atoms with E-state index in [0.717, 1.165) is 37.8 Å². The SMILES string of the molecule is Cc1[nH]nc(NC(=O)C2(CC(C)C)CCCC2)c1N. The third-order valence-corrected chi connectivity index (χ3v) is 4.07. The van der Waals surface area contributed by atoms with E-state index in [0.29, 0.717) is 17.4 Å². The van der Waals surface area contributed by atoms with Gasteiger partial charge in [0, 0.05) is 5.41 Å². The van der Waals surface area contributed by atoms with Gasteiger partial charge in [0.2, 0.25) is 5.91 Å². The fourth-order valence-corrected chi connectivity index (χ4v) is 3.13. The summed E-state index contributed by atoms with van der Waals surface area (Å²) in [5, 5.41) is 9.76. The van der Waals surface area contributed by atoms with E-state index < -0.39 is 0 Å². The fourth-order valence-electron chi connectivity index (χ4n) is 3.13. The molecule has 0 spiro atoms. The van der Waals surface area contributed by atoms with Crippen molar-refractivity contribution in [3.8, 4) is 0 Å². The maximum absolute atomic E-state index is 12.6. The number of nitrogen functional groups attached to an aromatic ring is 1. The zero-order valence-corrected chi connectivity index (χ0v) is 12.0. The second-order valence-corrected chi connectivity index (χ2v) is 6.15. The number of hydrogen-bond donors (Lipinski definition) is 3. The number of anilines is 2. The molecule has 0 radical (unpaired) electrons. The van der Waals surface area contributed by atoms with Crippen molar-refractivity contribution in [3.63, 3.8) is 0 Å². The number of aromatic amines is 1. The number of amides is 1. The molecule has 5 nitrogen and oxygen atoms in total. The largest absolute Gasteiger partial charge is 0.394 e. The van der Waals surface area contributed by atoms with Gasteiger partial charge in [-0.25, -0.2) is 0 Å². The Hall–Kier alpha value is -1.52. The van der Waals surface area contributed by atoms with Gasteiger partial charge in [0.05, 0.1) is 11.4 Å². The van der Waals surface area contributed by atoms with Gasteiger partial charge in [-0.2, -0.15) is 5.10 Å².